The summed E-state index contributed by atoms with van der Waals surface area (Å²) in [6, 6.07) is 0. The quantitative estimate of drug-likeness (QED) is 0.0143. The van der Waals surface area contributed by atoms with E-state index in [0.29, 0.717) is 96.9 Å². The summed E-state index contributed by atoms with van der Waals surface area (Å²) in [5, 5.41) is 65.7. The molecule has 548 valence electrons. The fourth-order valence-corrected chi connectivity index (χ4v) is 11.1. The van der Waals surface area contributed by atoms with Gasteiger partial charge >= 0.3 is 35.8 Å². The molecule has 0 bridgehead atoms. The minimum absolute atomic E-state index is 0.0858. The van der Waals surface area contributed by atoms with E-state index in [1.54, 1.807) is 0 Å². The van der Waals surface area contributed by atoms with E-state index in [9.17, 15) is 59.4 Å². The van der Waals surface area contributed by atoms with Crippen LogP contribution in [0.5, 0.6) is 0 Å². The molecule has 0 radical (unpaired) electrons. The number of likely N-dealkylation sites (N-methyl/N-ethyl adjacent to an activating group) is 3. The Bertz CT molecular complexity index is 1840. The number of carbonyl (C=O) groups excluding carboxylic acids is 6. The van der Waals surface area contributed by atoms with E-state index in [4.69, 9.17) is 28.4 Å². The molecule has 0 aliphatic heterocycles. The molecule has 9 unspecified atom stereocenters. The number of rotatable bonds is 62. The van der Waals surface area contributed by atoms with Crippen molar-refractivity contribution >= 4 is 35.8 Å². The number of esters is 6. The highest BCUT2D eigenvalue weighted by Gasteiger charge is 2.32. The van der Waals surface area contributed by atoms with Crippen LogP contribution in [0.3, 0.4) is 0 Å². The molecule has 0 saturated carbocycles. The average Bonchev–Trinajstić information content (AvgIpc) is 2.10. The fourth-order valence-electron chi connectivity index (χ4n) is 11.1. The van der Waals surface area contributed by atoms with Gasteiger partial charge in [-0.15, -0.1) is 0 Å². The van der Waals surface area contributed by atoms with Crippen molar-refractivity contribution in [3.05, 3.63) is 0 Å². The number of nitrogens with zero attached hydrogens (tertiary/aromatic N) is 3. The van der Waals surface area contributed by atoms with Gasteiger partial charge < -0.3 is 72.5 Å². The molecule has 0 heterocycles. The molecule has 0 amide bonds. The molecule has 6 N–H and O–H groups in total. The van der Waals surface area contributed by atoms with E-state index >= 15 is 0 Å². The van der Waals surface area contributed by atoms with E-state index in [1.807, 2.05) is 63.4 Å². The Labute approximate surface area is 563 Å². The molecular formula is C72H140N3O18+3. The fraction of sp³-hybridized carbons (Fsp3) is 0.917. The Hall–Kier alpha value is -3.54. The Balaban J connectivity index is 5.49. The normalized spacial score (nSPS) is 15.4. The van der Waals surface area contributed by atoms with Gasteiger partial charge in [-0.1, -0.05) is 175 Å². The summed E-state index contributed by atoms with van der Waals surface area (Å²) in [6.07, 6.45) is 18.0. The molecule has 21 nitrogen and oxygen atoms in total. The van der Waals surface area contributed by atoms with Gasteiger partial charge in [0.2, 0.25) is 0 Å². The zero-order valence-corrected chi connectivity index (χ0v) is 60.8. The Morgan fingerprint density at radius 3 is 0.796 bits per heavy atom. The van der Waals surface area contributed by atoms with Gasteiger partial charge in [-0.3, -0.25) is 14.4 Å². The number of unbranched alkanes of at least 4 members (excludes halogenated alkanes) is 21. The topological polar surface area (TPSA) is 279 Å². The van der Waals surface area contributed by atoms with Crippen molar-refractivity contribution in [1.82, 2.24) is 0 Å². The second kappa shape index (κ2) is 53.5. The molecule has 0 rings (SSSR count). The third kappa shape index (κ3) is 55.2. The van der Waals surface area contributed by atoms with Crippen LogP contribution >= 0.6 is 0 Å². The summed E-state index contributed by atoms with van der Waals surface area (Å²) in [7, 11) is 17.0. The Morgan fingerprint density at radius 2 is 0.527 bits per heavy atom. The smallest absolute Gasteiger partial charge is 0.362 e. The molecule has 9 atom stereocenters. The Kier molecular flexibility index (Phi) is 51.5. The molecule has 0 spiro atoms. The summed E-state index contributed by atoms with van der Waals surface area (Å²) in [4.78, 5) is 77.5. The van der Waals surface area contributed by atoms with Crippen LogP contribution in [0.1, 0.15) is 271 Å². The first-order chi connectivity index (χ1) is 43.9. The van der Waals surface area contributed by atoms with E-state index in [-0.39, 0.29) is 71.4 Å². The zero-order chi connectivity index (χ0) is 70.1. The van der Waals surface area contributed by atoms with Gasteiger partial charge in [0.05, 0.1) is 100 Å². The molecule has 0 aromatic rings. The van der Waals surface area contributed by atoms with E-state index in [1.165, 1.54) is 0 Å². The molecule has 93 heavy (non-hydrogen) atoms. The van der Waals surface area contributed by atoms with Crippen LogP contribution in [0.15, 0.2) is 0 Å². The number of hydrogen-bond acceptors (Lipinski definition) is 18. The summed E-state index contributed by atoms with van der Waals surface area (Å²) in [5.41, 5.74) is 0. The minimum atomic E-state index is -1.03. The minimum Gasteiger partial charge on any atom is -0.462 e. The SMILES string of the molecule is CCCCCCC(O)CC(OC(=O)C[N+](C)(C)C)C(O)CCCCCCCC(=O)OCC(COC(=O)CCCCCCCC(O)C(CC(O)CCCCCC)OC(=O)C[N+](C)(C)C)OC(=O)CCCCCCCC(O)C(CC(O)CCCCCC)OC(=O)C[N+](C)(C)C. The summed E-state index contributed by atoms with van der Waals surface area (Å²) < 4.78 is 35.2. The summed E-state index contributed by atoms with van der Waals surface area (Å²) >= 11 is 0. The lowest BCUT2D eigenvalue weighted by atomic mass is 9.97. The average molecular weight is 1340 g/mol. The molecule has 0 aliphatic rings. The number of ether oxygens (including phenoxy) is 6. The maximum absolute atomic E-state index is 13.2. The maximum atomic E-state index is 13.2. The van der Waals surface area contributed by atoms with Crippen LogP contribution in [0.2, 0.25) is 0 Å². The van der Waals surface area contributed by atoms with Gasteiger partial charge in [0.25, 0.3) is 0 Å². The standard InChI is InChI=1S/C72H140N3O18/c1-13-16-19-31-40-57(76)49-64(91-70(85)52-73(4,5)6)61(79)43-34-25-22-28-37-46-67(82)88-55-60(90-69(84)48-39-30-24-27-36-45-63(81)66(93-72(87)54-75(10,11)12)51-59(78)42-33-21-18-15-3)56-89-68(83)47-38-29-23-26-35-44-62(80)65(92-71(86)53-74(7,8)9)50-58(77)41-32-20-17-14-2/h57-66,76-81H,13-56H2,1-12H3/q+3. The first-order valence-corrected chi connectivity index (χ1v) is 36.5. The highest BCUT2D eigenvalue weighted by atomic mass is 16.6. The number of aliphatic hydroxyl groups is 6. The van der Waals surface area contributed by atoms with E-state index < -0.39 is 96.9 Å². The number of hydrogen-bond donors (Lipinski definition) is 6. The second-order valence-electron chi connectivity index (χ2n) is 29.7. The number of carbonyl (C=O) groups is 6. The lowest BCUT2D eigenvalue weighted by molar-refractivity contribution is -0.862. The lowest BCUT2D eigenvalue weighted by Gasteiger charge is -2.28. The first-order valence-electron chi connectivity index (χ1n) is 36.5. The zero-order valence-electron chi connectivity index (χ0n) is 60.8. The summed E-state index contributed by atoms with van der Waals surface area (Å²) in [6.45, 7) is 6.19. The van der Waals surface area contributed by atoms with E-state index in [0.717, 1.165) is 128 Å². The number of aliphatic hydroxyl groups excluding tert-OH is 6. The van der Waals surface area contributed by atoms with Gasteiger partial charge in [0.1, 0.15) is 31.5 Å². The van der Waals surface area contributed by atoms with Crippen LogP contribution in [0, 0.1) is 0 Å². The molecular weight excluding hydrogens is 1190 g/mol. The van der Waals surface area contributed by atoms with Crippen molar-refractivity contribution in [2.45, 2.75) is 332 Å². The largest absolute Gasteiger partial charge is 0.462 e. The Morgan fingerprint density at radius 1 is 0.290 bits per heavy atom. The molecule has 0 fully saturated rings. The van der Waals surface area contributed by atoms with Gasteiger partial charge in [-0.25, -0.2) is 14.4 Å². The third-order valence-electron chi connectivity index (χ3n) is 16.4. The van der Waals surface area contributed by atoms with Crippen LogP contribution in [0.4, 0.5) is 0 Å². The predicted molar refractivity (Wildman–Crippen MR) is 363 cm³/mol. The molecule has 0 aromatic carbocycles. The van der Waals surface area contributed by atoms with Crippen molar-refractivity contribution in [3.63, 3.8) is 0 Å². The van der Waals surface area contributed by atoms with Gasteiger partial charge in [0, 0.05) is 38.5 Å². The number of quaternary nitrogens is 3. The van der Waals surface area contributed by atoms with Crippen molar-refractivity contribution < 1.29 is 101 Å². The van der Waals surface area contributed by atoms with Crippen LogP contribution in [0.25, 0.3) is 0 Å². The van der Waals surface area contributed by atoms with Gasteiger partial charge in [-0.2, -0.15) is 0 Å². The summed E-state index contributed by atoms with van der Waals surface area (Å²) in [5.74, 6) is -2.76. The molecule has 0 saturated heterocycles. The van der Waals surface area contributed by atoms with E-state index in [2.05, 4.69) is 20.8 Å². The second-order valence-corrected chi connectivity index (χ2v) is 29.7. The highest BCUT2D eigenvalue weighted by molar-refractivity contribution is 5.72. The molecule has 21 heteroatoms. The van der Waals surface area contributed by atoms with Crippen molar-refractivity contribution in [1.29, 1.82) is 0 Å². The van der Waals surface area contributed by atoms with Gasteiger partial charge in [-0.05, 0) is 57.8 Å². The molecule has 0 aromatic heterocycles. The van der Waals surface area contributed by atoms with Crippen molar-refractivity contribution in [3.8, 4) is 0 Å². The first kappa shape index (κ1) is 89.5. The van der Waals surface area contributed by atoms with Crippen LogP contribution in [-0.2, 0) is 57.2 Å². The monoisotopic (exact) mass is 1340 g/mol. The maximum Gasteiger partial charge on any atom is 0.362 e. The van der Waals surface area contributed by atoms with Crippen molar-refractivity contribution in [2.75, 3.05) is 96.3 Å². The van der Waals surface area contributed by atoms with Crippen molar-refractivity contribution in [2.24, 2.45) is 0 Å². The lowest BCUT2D eigenvalue weighted by Crippen LogP contribution is -2.43. The van der Waals surface area contributed by atoms with Crippen LogP contribution in [-0.4, -0.2) is 237 Å². The van der Waals surface area contributed by atoms with Crippen LogP contribution < -0.4 is 0 Å². The molecule has 0 aliphatic carbocycles. The third-order valence-corrected chi connectivity index (χ3v) is 16.4. The predicted octanol–water partition coefficient (Wildman–Crippen LogP) is 10.3. The highest BCUT2D eigenvalue weighted by Crippen LogP contribution is 2.23. The van der Waals surface area contributed by atoms with Gasteiger partial charge in [0.15, 0.2) is 25.7 Å².